The Kier molecular flexibility index (Phi) is 5.94. The maximum Gasteiger partial charge on any atom is 0.293 e. The van der Waals surface area contributed by atoms with E-state index in [0.717, 1.165) is 0 Å². The van der Waals surface area contributed by atoms with Gasteiger partial charge >= 0.3 is 0 Å². The fraction of sp³-hybridized carbons (Fsp3) is 0.462. The van der Waals surface area contributed by atoms with Gasteiger partial charge in [0.2, 0.25) is 5.91 Å². The molecule has 0 aliphatic carbocycles. The van der Waals surface area contributed by atoms with Gasteiger partial charge in [0.1, 0.15) is 5.69 Å². The second kappa shape index (κ2) is 7.23. The molecule has 0 aromatic heterocycles. The fourth-order valence-electron chi connectivity index (χ4n) is 1.93. The largest absolute Gasteiger partial charge is 0.360 e. The van der Waals surface area contributed by atoms with Gasteiger partial charge in [-0.05, 0) is 26.0 Å². The van der Waals surface area contributed by atoms with Gasteiger partial charge in [-0.1, -0.05) is 15.9 Å². The predicted octanol–water partition coefficient (Wildman–Crippen LogP) is 2.66. The first-order valence-electron chi connectivity index (χ1n) is 6.33. The number of nitro groups is 1. The molecule has 0 atom stereocenters. The highest BCUT2D eigenvalue weighted by atomic mass is 79.9. The van der Waals surface area contributed by atoms with Crippen molar-refractivity contribution in [3.63, 3.8) is 0 Å². The first-order chi connectivity index (χ1) is 9.40. The van der Waals surface area contributed by atoms with Crippen LogP contribution < -0.4 is 4.90 Å². The van der Waals surface area contributed by atoms with Crippen molar-refractivity contribution in [2.24, 2.45) is 0 Å². The highest BCUT2D eigenvalue weighted by molar-refractivity contribution is 9.10. The van der Waals surface area contributed by atoms with E-state index in [9.17, 15) is 14.9 Å². The Labute approximate surface area is 126 Å². The Hall–Kier alpha value is -1.63. The molecule has 1 aromatic rings. The number of hydrogen-bond acceptors (Lipinski definition) is 4. The van der Waals surface area contributed by atoms with Gasteiger partial charge in [0.05, 0.1) is 11.5 Å². The number of hydrogen-bond donors (Lipinski definition) is 0. The zero-order valence-corrected chi connectivity index (χ0v) is 13.4. The summed E-state index contributed by atoms with van der Waals surface area (Å²) in [5.41, 5.74) is 0.410. The van der Waals surface area contributed by atoms with E-state index in [1.54, 1.807) is 29.0 Å². The molecule has 20 heavy (non-hydrogen) atoms. The summed E-state index contributed by atoms with van der Waals surface area (Å²) >= 11 is 3.21. The molecule has 0 aliphatic heterocycles. The van der Waals surface area contributed by atoms with Crippen LogP contribution in [0.15, 0.2) is 22.7 Å². The molecule has 0 aliphatic rings. The van der Waals surface area contributed by atoms with Gasteiger partial charge in [0.15, 0.2) is 0 Å². The lowest BCUT2D eigenvalue weighted by molar-refractivity contribution is -0.384. The smallest absolute Gasteiger partial charge is 0.293 e. The molecule has 0 radical (unpaired) electrons. The maximum atomic E-state index is 12.0. The summed E-state index contributed by atoms with van der Waals surface area (Å²) in [6.07, 6.45) is 0. The van der Waals surface area contributed by atoms with Crippen molar-refractivity contribution in [1.29, 1.82) is 0 Å². The Morgan fingerprint density at radius 1 is 1.35 bits per heavy atom. The van der Waals surface area contributed by atoms with Crippen molar-refractivity contribution in [2.45, 2.75) is 13.8 Å². The van der Waals surface area contributed by atoms with Gasteiger partial charge in [-0.15, -0.1) is 0 Å². The van der Waals surface area contributed by atoms with Crippen LogP contribution in [0.4, 0.5) is 11.4 Å². The number of benzene rings is 1. The molecular weight excluding hydrogens is 326 g/mol. The van der Waals surface area contributed by atoms with E-state index in [1.807, 2.05) is 13.8 Å². The lowest BCUT2D eigenvalue weighted by atomic mass is 10.2. The third-order valence-corrected chi connectivity index (χ3v) is 3.53. The minimum Gasteiger partial charge on any atom is -0.360 e. The lowest BCUT2D eigenvalue weighted by Crippen LogP contribution is -2.38. The van der Waals surface area contributed by atoms with Gasteiger partial charge in [-0.25, -0.2) is 0 Å². The molecule has 1 aromatic carbocycles. The minimum atomic E-state index is -0.446. The monoisotopic (exact) mass is 343 g/mol. The summed E-state index contributed by atoms with van der Waals surface area (Å²) in [6, 6.07) is 4.80. The van der Waals surface area contributed by atoms with E-state index in [-0.39, 0.29) is 18.1 Å². The van der Waals surface area contributed by atoms with Crippen LogP contribution >= 0.6 is 15.9 Å². The molecule has 1 rings (SSSR count). The van der Waals surface area contributed by atoms with Crippen LogP contribution in [0, 0.1) is 10.1 Å². The number of nitro benzene ring substituents is 1. The number of halogens is 1. The highest BCUT2D eigenvalue weighted by Crippen LogP contribution is 2.30. The summed E-state index contributed by atoms with van der Waals surface area (Å²) in [5, 5.41) is 11.1. The minimum absolute atomic E-state index is 0.0192. The molecular formula is C13H18BrN3O3. The van der Waals surface area contributed by atoms with E-state index in [1.165, 1.54) is 6.07 Å². The molecule has 1 amide bonds. The van der Waals surface area contributed by atoms with Crippen molar-refractivity contribution >= 4 is 33.2 Å². The van der Waals surface area contributed by atoms with Crippen molar-refractivity contribution in [1.82, 2.24) is 4.90 Å². The Balaban J connectivity index is 2.95. The molecule has 0 bridgehead atoms. The fourth-order valence-corrected chi connectivity index (χ4v) is 2.28. The molecule has 0 saturated carbocycles. The van der Waals surface area contributed by atoms with Crippen LogP contribution in [0.5, 0.6) is 0 Å². The zero-order chi connectivity index (χ0) is 15.3. The van der Waals surface area contributed by atoms with Crippen LogP contribution in [0.3, 0.4) is 0 Å². The average Bonchev–Trinajstić information content (AvgIpc) is 2.39. The Morgan fingerprint density at radius 3 is 2.45 bits per heavy atom. The number of rotatable bonds is 6. The summed E-state index contributed by atoms with van der Waals surface area (Å²) in [4.78, 5) is 26.0. The number of carbonyl (C=O) groups is 1. The van der Waals surface area contributed by atoms with Gasteiger partial charge in [0.25, 0.3) is 5.69 Å². The molecule has 0 unspecified atom stereocenters. The molecule has 0 N–H and O–H groups in total. The predicted molar refractivity (Wildman–Crippen MR) is 82.0 cm³/mol. The van der Waals surface area contributed by atoms with Crippen molar-refractivity contribution < 1.29 is 9.72 Å². The highest BCUT2D eigenvalue weighted by Gasteiger charge is 2.20. The van der Waals surface area contributed by atoms with E-state index in [2.05, 4.69) is 15.9 Å². The molecule has 0 saturated heterocycles. The second-order valence-corrected chi connectivity index (χ2v) is 5.23. The van der Waals surface area contributed by atoms with Crippen LogP contribution in [0.2, 0.25) is 0 Å². The summed E-state index contributed by atoms with van der Waals surface area (Å²) < 4.78 is 0.636. The van der Waals surface area contributed by atoms with E-state index in [0.29, 0.717) is 23.2 Å². The van der Waals surface area contributed by atoms with Crippen LogP contribution in [-0.2, 0) is 4.79 Å². The standard InChI is InChI=1S/C13H18BrN3O3/c1-4-16(5-2)13(18)9-15(3)11-7-6-10(14)8-12(11)17(19)20/h6-8H,4-5,9H2,1-3H3. The van der Waals surface area contributed by atoms with Crippen LogP contribution in [-0.4, -0.2) is 42.4 Å². The van der Waals surface area contributed by atoms with Crippen LogP contribution in [0.25, 0.3) is 0 Å². The molecule has 7 heteroatoms. The van der Waals surface area contributed by atoms with E-state index < -0.39 is 4.92 Å². The quantitative estimate of drug-likeness (QED) is 0.588. The summed E-state index contributed by atoms with van der Waals surface area (Å²) in [7, 11) is 1.68. The topological polar surface area (TPSA) is 66.7 Å². The molecule has 6 nitrogen and oxygen atoms in total. The number of amides is 1. The first kappa shape index (κ1) is 16.4. The number of anilines is 1. The van der Waals surface area contributed by atoms with Crippen LogP contribution in [0.1, 0.15) is 13.8 Å². The van der Waals surface area contributed by atoms with Gasteiger partial charge in [-0.3, -0.25) is 14.9 Å². The Morgan fingerprint density at radius 2 is 1.95 bits per heavy atom. The third kappa shape index (κ3) is 3.93. The van der Waals surface area contributed by atoms with Crippen molar-refractivity contribution in [2.75, 3.05) is 31.6 Å². The molecule has 0 spiro atoms. The SMILES string of the molecule is CCN(CC)C(=O)CN(C)c1ccc(Br)cc1[N+](=O)[O-]. The van der Waals surface area contributed by atoms with Crippen molar-refractivity contribution in [3.8, 4) is 0 Å². The van der Waals surface area contributed by atoms with Gasteiger partial charge in [-0.2, -0.15) is 0 Å². The Bertz CT molecular complexity index is 504. The third-order valence-electron chi connectivity index (χ3n) is 3.03. The first-order valence-corrected chi connectivity index (χ1v) is 7.12. The van der Waals surface area contributed by atoms with Gasteiger partial charge < -0.3 is 9.80 Å². The van der Waals surface area contributed by atoms with E-state index >= 15 is 0 Å². The normalized spacial score (nSPS) is 10.2. The van der Waals surface area contributed by atoms with E-state index in [4.69, 9.17) is 0 Å². The second-order valence-electron chi connectivity index (χ2n) is 4.31. The molecule has 110 valence electrons. The molecule has 0 heterocycles. The number of nitrogens with zero attached hydrogens (tertiary/aromatic N) is 3. The molecule has 0 fully saturated rings. The average molecular weight is 344 g/mol. The lowest BCUT2D eigenvalue weighted by Gasteiger charge is -2.24. The number of carbonyl (C=O) groups excluding carboxylic acids is 1. The summed E-state index contributed by atoms with van der Waals surface area (Å²) in [5.74, 6) is -0.0466. The van der Waals surface area contributed by atoms with Gasteiger partial charge in [0, 0.05) is 30.7 Å². The zero-order valence-electron chi connectivity index (χ0n) is 11.8. The van der Waals surface area contributed by atoms with Crippen molar-refractivity contribution in [3.05, 3.63) is 32.8 Å². The number of likely N-dealkylation sites (N-methyl/N-ethyl adjacent to an activating group) is 2. The summed E-state index contributed by atoms with van der Waals surface area (Å²) in [6.45, 7) is 5.19. The maximum absolute atomic E-state index is 12.0.